The van der Waals surface area contributed by atoms with Crippen molar-refractivity contribution in [3.8, 4) is 11.5 Å². The summed E-state index contributed by atoms with van der Waals surface area (Å²) in [6.07, 6.45) is 7.46. The quantitative estimate of drug-likeness (QED) is 0.102. The molecule has 0 atom stereocenters. The molecule has 3 aliphatic heterocycles. The van der Waals surface area contributed by atoms with Crippen LogP contribution in [-0.4, -0.2) is 54.4 Å². The lowest BCUT2D eigenvalue weighted by Crippen LogP contribution is -2.48. The number of anilines is 1. The molecule has 0 aliphatic carbocycles. The SMILES string of the molecule is CCN1c2cc3c(cc2C(C)=CC1(C)C)C(c1c(Cl)c(Cl)c(Cl)c(Cl)c1C(=O)N(C)CCCC(C)=O)=c1cc2c(cc1O3)=[N+](CC)C(C)(C)C=C2. The smallest absolute Gasteiger partial charge is 0.255 e. The summed E-state index contributed by atoms with van der Waals surface area (Å²) < 4.78 is 9.23. The normalized spacial score (nSPS) is 16.5. The van der Waals surface area contributed by atoms with Crippen molar-refractivity contribution in [3.05, 3.63) is 94.9 Å². The summed E-state index contributed by atoms with van der Waals surface area (Å²) in [6, 6.07) is 8.40. The molecule has 10 heteroatoms. The van der Waals surface area contributed by atoms with Gasteiger partial charge in [0.05, 0.1) is 37.3 Å². The number of likely N-dealkylation sites (N-methyl/N-ethyl adjacent to an activating group) is 2. The number of hydrogen-bond acceptors (Lipinski definition) is 4. The first-order chi connectivity index (χ1) is 23.9. The highest BCUT2D eigenvalue weighted by atomic mass is 35.5. The van der Waals surface area contributed by atoms with Crippen LogP contribution in [0.5, 0.6) is 11.5 Å². The second kappa shape index (κ2) is 13.6. The van der Waals surface area contributed by atoms with E-state index in [0.717, 1.165) is 51.6 Å². The van der Waals surface area contributed by atoms with Gasteiger partial charge in [0.15, 0.2) is 5.54 Å². The molecule has 3 aliphatic rings. The van der Waals surface area contributed by atoms with Crippen LogP contribution in [0.4, 0.5) is 5.69 Å². The van der Waals surface area contributed by atoms with Gasteiger partial charge < -0.3 is 19.3 Å². The molecule has 0 N–H and O–H groups in total. The van der Waals surface area contributed by atoms with Crippen molar-refractivity contribution in [2.75, 3.05) is 31.6 Å². The Hall–Kier alpha value is -3.29. The van der Waals surface area contributed by atoms with Gasteiger partial charge in [-0.3, -0.25) is 4.79 Å². The summed E-state index contributed by atoms with van der Waals surface area (Å²) in [5.74, 6) is 0.918. The van der Waals surface area contributed by atoms with Gasteiger partial charge in [-0.15, -0.1) is 0 Å². The summed E-state index contributed by atoms with van der Waals surface area (Å²) >= 11 is 27.8. The van der Waals surface area contributed by atoms with E-state index in [-0.39, 0.29) is 48.4 Å². The minimum Gasteiger partial charge on any atom is -0.456 e. The summed E-state index contributed by atoms with van der Waals surface area (Å²) in [5.41, 5.74) is 5.75. The predicted molar refractivity (Wildman–Crippen MR) is 213 cm³/mol. The molecule has 0 spiro atoms. The lowest BCUT2D eigenvalue weighted by Gasteiger charge is -2.43. The molecule has 6 rings (SSSR count). The average molecular weight is 769 g/mol. The Labute approximate surface area is 320 Å². The number of halogens is 4. The number of carbonyl (C=O) groups excluding carboxylic acids is 2. The zero-order valence-corrected chi connectivity index (χ0v) is 33.7. The van der Waals surface area contributed by atoms with Crippen LogP contribution in [0.15, 0.2) is 36.4 Å². The van der Waals surface area contributed by atoms with Gasteiger partial charge in [0.1, 0.15) is 23.8 Å². The van der Waals surface area contributed by atoms with Crippen molar-refractivity contribution in [1.82, 2.24) is 9.48 Å². The Bertz CT molecular complexity index is 2220. The number of fused-ring (bicyclic) bond motifs is 4. The molecule has 268 valence electrons. The van der Waals surface area contributed by atoms with Gasteiger partial charge in [-0.25, -0.2) is 4.58 Å². The van der Waals surface area contributed by atoms with E-state index in [9.17, 15) is 9.59 Å². The molecule has 51 heavy (non-hydrogen) atoms. The Morgan fingerprint density at radius 1 is 0.922 bits per heavy atom. The average Bonchev–Trinajstić information content (AvgIpc) is 3.05. The van der Waals surface area contributed by atoms with Gasteiger partial charge in [-0.05, 0) is 77.8 Å². The zero-order chi connectivity index (χ0) is 37.3. The number of Topliss-reactive ketones (excluding diaryl/α,β-unsaturated/α-hetero) is 1. The molecule has 6 nitrogen and oxygen atoms in total. The highest BCUT2D eigenvalue weighted by Crippen LogP contribution is 2.50. The number of carbonyl (C=O) groups is 2. The van der Waals surface area contributed by atoms with Gasteiger partial charge in [0, 0.05) is 85.2 Å². The van der Waals surface area contributed by atoms with Gasteiger partial charge in [-0.2, -0.15) is 0 Å². The minimum atomic E-state index is -0.384. The first-order valence-corrected chi connectivity index (χ1v) is 18.9. The highest BCUT2D eigenvalue weighted by Gasteiger charge is 2.37. The van der Waals surface area contributed by atoms with Crippen LogP contribution in [0.2, 0.25) is 20.1 Å². The second-order valence-electron chi connectivity index (χ2n) is 14.7. The van der Waals surface area contributed by atoms with Crippen molar-refractivity contribution in [1.29, 1.82) is 0 Å². The number of rotatable bonds is 8. The molecule has 3 aromatic carbocycles. The number of amides is 1. The largest absolute Gasteiger partial charge is 0.456 e. The predicted octanol–water partition coefficient (Wildman–Crippen LogP) is 9.43. The fourth-order valence-corrected chi connectivity index (χ4v) is 8.95. The third-order valence-corrected chi connectivity index (χ3v) is 12.2. The maximum absolute atomic E-state index is 14.5. The number of nitrogens with zero attached hydrogens (tertiary/aromatic N) is 3. The molecule has 0 saturated carbocycles. The second-order valence-corrected chi connectivity index (χ2v) is 16.3. The zero-order valence-electron chi connectivity index (χ0n) is 30.7. The fraction of sp³-hybridized carbons (Fsp3) is 0.390. The van der Waals surface area contributed by atoms with E-state index in [2.05, 4.69) is 100 Å². The fourth-order valence-electron chi connectivity index (χ4n) is 7.92. The molecule has 0 fully saturated rings. The number of ether oxygens (including phenoxy) is 1. The molecular formula is C41H44Cl4N3O3+. The lowest BCUT2D eigenvalue weighted by molar-refractivity contribution is -0.117. The van der Waals surface area contributed by atoms with E-state index < -0.39 is 0 Å². The van der Waals surface area contributed by atoms with Crippen molar-refractivity contribution in [3.63, 3.8) is 0 Å². The Balaban J connectivity index is 1.75. The molecule has 3 aromatic rings. The van der Waals surface area contributed by atoms with Crippen molar-refractivity contribution >= 4 is 81.0 Å². The summed E-state index contributed by atoms with van der Waals surface area (Å²) in [5, 5.41) is 1.97. The summed E-state index contributed by atoms with van der Waals surface area (Å²) in [4.78, 5) is 30.1. The number of hydrogen-bond donors (Lipinski definition) is 0. The summed E-state index contributed by atoms with van der Waals surface area (Å²) in [7, 11) is 1.68. The van der Waals surface area contributed by atoms with E-state index in [1.54, 1.807) is 11.9 Å². The lowest BCUT2D eigenvalue weighted by atomic mass is 9.83. The van der Waals surface area contributed by atoms with Crippen LogP contribution in [0.25, 0.3) is 17.2 Å². The van der Waals surface area contributed by atoms with Crippen molar-refractivity contribution < 1.29 is 14.3 Å². The van der Waals surface area contributed by atoms with Crippen LogP contribution in [0.3, 0.4) is 0 Å². The van der Waals surface area contributed by atoms with E-state index in [0.29, 0.717) is 42.0 Å². The molecule has 3 heterocycles. The Morgan fingerprint density at radius 2 is 1.61 bits per heavy atom. The maximum Gasteiger partial charge on any atom is 0.255 e. The van der Waals surface area contributed by atoms with Crippen LogP contribution in [0, 0.1) is 0 Å². The van der Waals surface area contributed by atoms with Crippen molar-refractivity contribution in [2.24, 2.45) is 0 Å². The van der Waals surface area contributed by atoms with Crippen LogP contribution in [-0.2, 0) is 4.79 Å². The third-order valence-electron chi connectivity index (χ3n) is 10.4. The van der Waals surface area contributed by atoms with Crippen LogP contribution in [0.1, 0.15) is 101 Å². The first kappa shape index (κ1) is 37.5. The Kier molecular flexibility index (Phi) is 9.99. The van der Waals surface area contributed by atoms with E-state index >= 15 is 0 Å². The maximum atomic E-state index is 14.5. The number of ketones is 1. The molecular weight excluding hydrogens is 724 g/mol. The van der Waals surface area contributed by atoms with E-state index in [1.807, 2.05) is 0 Å². The number of benzene rings is 3. The molecule has 1 amide bonds. The minimum absolute atomic E-state index is 0.0000864. The molecule has 0 aromatic heterocycles. The molecule has 0 saturated heterocycles. The van der Waals surface area contributed by atoms with Gasteiger partial charge >= 0.3 is 0 Å². The van der Waals surface area contributed by atoms with Gasteiger partial charge in [0.2, 0.25) is 5.36 Å². The highest BCUT2D eigenvalue weighted by molar-refractivity contribution is 6.53. The monoisotopic (exact) mass is 766 g/mol. The van der Waals surface area contributed by atoms with Gasteiger partial charge in [0.25, 0.3) is 5.91 Å². The van der Waals surface area contributed by atoms with Crippen molar-refractivity contribution in [2.45, 2.75) is 79.3 Å². The molecule has 0 unspecified atom stereocenters. The number of allylic oxidation sites excluding steroid dienone is 1. The third kappa shape index (κ3) is 6.30. The summed E-state index contributed by atoms with van der Waals surface area (Å²) in [6.45, 7) is 18.7. The van der Waals surface area contributed by atoms with Crippen LogP contribution >= 0.6 is 46.4 Å². The standard InChI is InChI=1S/C41H44Cl4N3O3/c1-10-47-28-19-30-26(17-24(28)14-15-40(47,5)6)32(27-18-25-22(3)21-41(7,8)48(11-2)29(25)20-31(27)51-30)33-34(36(43)38(45)37(44)35(33)42)39(50)46(9)16-12-13-23(4)49/h14-15,17-21H,10-13,16H2,1-9H3/q+1. The van der Waals surface area contributed by atoms with Crippen LogP contribution < -0.4 is 24.8 Å². The topological polar surface area (TPSA) is 52.9 Å². The van der Waals surface area contributed by atoms with Gasteiger partial charge in [-0.1, -0.05) is 52.5 Å². The van der Waals surface area contributed by atoms with E-state index in [4.69, 9.17) is 51.1 Å². The first-order valence-electron chi connectivity index (χ1n) is 17.4. The molecule has 0 bridgehead atoms. The molecule has 0 radical (unpaired) electrons. The van der Waals surface area contributed by atoms with E-state index in [1.165, 1.54) is 6.92 Å². The Morgan fingerprint density at radius 3 is 2.25 bits per heavy atom.